The fourth-order valence-electron chi connectivity index (χ4n) is 0.0995. The Kier molecular flexibility index (Phi) is 2.25. The molecule has 5 heteroatoms. The molecule has 42 valence electrons. The van der Waals surface area contributed by atoms with E-state index in [1.807, 2.05) is 0 Å². The smallest absolute Gasteiger partial charge is 0.237 e. The van der Waals surface area contributed by atoms with Crippen LogP contribution in [0.3, 0.4) is 0 Å². The van der Waals surface area contributed by atoms with Gasteiger partial charge in [-0.1, -0.05) is 0 Å². The Morgan fingerprint density at radius 1 is 1.71 bits per heavy atom. The summed E-state index contributed by atoms with van der Waals surface area (Å²) in [6, 6.07) is 0. The van der Waals surface area contributed by atoms with E-state index in [-0.39, 0.29) is 5.75 Å². The molecule has 0 bridgehead atoms. The molecule has 0 heterocycles. The van der Waals surface area contributed by atoms with Crippen LogP contribution >= 0.6 is 10.7 Å². The standard InChI is InChI=1S/C2H4ClNO2S/c3-7(5,6)2-1-4/h1,4H,2H2. The average molecular weight is 142 g/mol. The molecule has 0 aliphatic carbocycles. The Morgan fingerprint density at radius 2 is 2.14 bits per heavy atom. The SMILES string of the molecule is N=CCS(=O)(=O)Cl. The summed E-state index contributed by atoms with van der Waals surface area (Å²) < 4.78 is 19.7. The van der Waals surface area contributed by atoms with Crippen LogP contribution in [0.1, 0.15) is 0 Å². The Labute approximate surface area is 46.2 Å². The summed E-state index contributed by atoms with van der Waals surface area (Å²) in [7, 11) is 1.21. The van der Waals surface area contributed by atoms with Gasteiger partial charge in [0.05, 0.1) is 5.75 Å². The summed E-state index contributed by atoms with van der Waals surface area (Å²) in [6.45, 7) is 0. The molecule has 0 saturated heterocycles. The van der Waals surface area contributed by atoms with Crippen molar-refractivity contribution in [1.29, 1.82) is 5.41 Å². The van der Waals surface area contributed by atoms with Gasteiger partial charge in [-0.05, 0) is 0 Å². The second kappa shape index (κ2) is 2.28. The number of hydrogen-bond donors (Lipinski definition) is 1. The van der Waals surface area contributed by atoms with Crippen LogP contribution in [0.5, 0.6) is 0 Å². The van der Waals surface area contributed by atoms with Gasteiger partial charge in [-0.3, -0.25) is 0 Å². The predicted octanol–water partition coefficient (Wildman–Crippen LogP) is 0.205. The van der Waals surface area contributed by atoms with Gasteiger partial charge in [0, 0.05) is 16.9 Å². The van der Waals surface area contributed by atoms with Crippen LogP contribution in [-0.2, 0) is 9.05 Å². The topological polar surface area (TPSA) is 58.0 Å². The van der Waals surface area contributed by atoms with E-state index in [0.29, 0.717) is 0 Å². The van der Waals surface area contributed by atoms with Crippen LogP contribution in [0.2, 0.25) is 0 Å². The molecule has 0 aliphatic heterocycles. The highest BCUT2D eigenvalue weighted by molar-refractivity contribution is 8.14. The van der Waals surface area contributed by atoms with Gasteiger partial charge in [-0.25, -0.2) is 8.42 Å². The van der Waals surface area contributed by atoms with E-state index < -0.39 is 9.05 Å². The van der Waals surface area contributed by atoms with Crippen molar-refractivity contribution >= 4 is 25.9 Å². The molecular formula is C2H4ClNO2S. The largest absolute Gasteiger partial charge is 0.312 e. The summed E-state index contributed by atoms with van der Waals surface area (Å²) in [4.78, 5) is 0. The number of halogens is 1. The molecular weight excluding hydrogens is 138 g/mol. The molecule has 0 amide bonds. The first-order chi connectivity index (χ1) is 3.06. The zero-order valence-electron chi connectivity index (χ0n) is 3.39. The van der Waals surface area contributed by atoms with Gasteiger partial charge in [0.1, 0.15) is 0 Å². The van der Waals surface area contributed by atoms with Crippen molar-refractivity contribution in [3.05, 3.63) is 0 Å². The van der Waals surface area contributed by atoms with Crippen LogP contribution in [0.4, 0.5) is 0 Å². The molecule has 3 nitrogen and oxygen atoms in total. The third kappa shape index (κ3) is 5.91. The van der Waals surface area contributed by atoms with E-state index in [1.54, 1.807) is 0 Å². The monoisotopic (exact) mass is 141 g/mol. The van der Waals surface area contributed by atoms with Crippen molar-refractivity contribution in [2.45, 2.75) is 0 Å². The van der Waals surface area contributed by atoms with Crippen LogP contribution in [0, 0.1) is 5.41 Å². The number of rotatable bonds is 2. The highest BCUT2D eigenvalue weighted by Gasteiger charge is 1.98. The lowest BCUT2D eigenvalue weighted by Gasteiger charge is -1.78. The highest BCUT2D eigenvalue weighted by Crippen LogP contribution is 1.90. The quantitative estimate of drug-likeness (QED) is 0.441. The van der Waals surface area contributed by atoms with Crippen molar-refractivity contribution in [2.24, 2.45) is 0 Å². The maximum Gasteiger partial charge on any atom is 0.237 e. The minimum Gasteiger partial charge on any atom is -0.312 e. The van der Waals surface area contributed by atoms with E-state index in [2.05, 4.69) is 10.7 Å². The lowest BCUT2D eigenvalue weighted by atomic mass is 10.9. The summed E-state index contributed by atoms with van der Waals surface area (Å²) in [5.41, 5.74) is 0. The van der Waals surface area contributed by atoms with Gasteiger partial charge < -0.3 is 5.41 Å². The van der Waals surface area contributed by atoms with Crippen molar-refractivity contribution in [3.8, 4) is 0 Å². The van der Waals surface area contributed by atoms with Gasteiger partial charge in [0.25, 0.3) is 0 Å². The Balaban J connectivity index is 3.84. The van der Waals surface area contributed by atoms with E-state index in [4.69, 9.17) is 5.41 Å². The van der Waals surface area contributed by atoms with Crippen LogP contribution in [-0.4, -0.2) is 20.4 Å². The molecule has 0 fully saturated rings. The molecule has 1 N–H and O–H groups in total. The van der Waals surface area contributed by atoms with Crippen LogP contribution < -0.4 is 0 Å². The molecule has 0 saturated carbocycles. The minimum absolute atomic E-state index is 0.380. The second-order valence-corrected chi connectivity index (χ2v) is 3.73. The molecule has 0 rings (SSSR count). The summed E-state index contributed by atoms with van der Waals surface area (Å²) >= 11 is 0. The summed E-state index contributed by atoms with van der Waals surface area (Å²) in [5, 5.41) is 6.27. The fourth-order valence-corrected chi connectivity index (χ4v) is 0.488. The summed E-state index contributed by atoms with van der Waals surface area (Å²) in [6.07, 6.45) is 0.738. The van der Waals surface area contributed by atoms with Crippen molar-refractivity contribution in [1.82, 2.24) is 0 Å². The molecule has 0 radical (unpaired) electrons. The Bertz CT molecular complexity index is 149. The Hall–Kier alpha value is -0.0900. The highest BCUT2D eigenvalue weighted by atomic mass is 35.7. The predicted molar refractivity (Wildman–Crippen MR) is 28.4 cm³/mol. The maximum atomic E-state index is 9.85. The van der Waals surface area contributed by atoms with Crippen molar-refractivity contribution < 1.29 is 8.42 Å². The van der Waals surface area contributed by atoms with E-state index >= 15 is 0 Å². The molecule has 0 spiro atoms. The van der Waals surface area contributed by atoms with E-state index in [9.17, 15) is 8.42 Å². The zero-order valence-corrected chi connectivity index (χ0v) is 4.96. The third-order valence-electron chi connectivity index (χ3n) is 0.282. The molecule has 0 aliphatic rings. The van der Waals surface area contributed by atoms with Crippen LogP contribution in [0.15, 0.2) is 0 Å². The molecule has 0 atom stereocenters. The average Bonchev–Trinajstić information content (AvgIpc) is 1.30. The van der Waals surface area contributed by atoms with Crippen LogP contribution in [0.25, 0.3) is 0 Å². The van der Waals surface area contributed by atoms with Gasteiger partial charge in [0.2, 0.25) is 9.05 Å². The van der Waals surface area contributed by atoms with E-state index in [0.717, 1.165) is 6.21 Å². The first kappa shape index (κ1) is 6.91. The van der Waals surface area contributed by atoms with Crippen molar-refractivity contribution in [2.75, 3.05) is 5.75 Å². The maximum absolute atomic E-state index is 9.85. The van der Waals surface area contributed by atoms with Gasteiger partial charge in [-0.15, -0.1) is 0 Å². The second-order valence-electron chi connectivity index (χ2n) is 0.910. The lowest BCUT2D eigenvalue weighted by Crippen LogP contribution is -1.95. The minimum atomic E-state index is -3.45. The van der Waals surface area contributed by atoms with E-state index in [1.165, 1.54) is 0 Å². The van der Waals surface area contributed by atoms with Gasteiger partial charge in [0.15, 0.2) is 0 Å². The lowest BCUT2D eigenvalue weighted by molar-refractivity contribution is 0.613. The zero-order chi connectivity index (χ0) is 5.91. The molecule has 0 aromatic rings. The first-order valence-corrected chi connectivity index (χ1v) is 3.95. The molecule has 0 aromatic carbocycles. The van der Waals surface area contributed by atoms with Gasteiger partial charge in [-0.2, -0.15) is 0 Å². The number of hydrogen-bond acceptors (Lipinski definition) is 3. The van der Waals surface area contributed by atoms with Crippen molar-refractivity contribution in [3.63, 3.8) is 0 Å². The molecule has 0 unspecified atom stereocenters. The Morgan fingerprint density at radius 3 is 2.14 bits per heavy atom. The molecule has 0 aromatic heterocycles. The molecule has 7 heavy (non-hydrogen) atoms. The normalized spacial score (nSPS) is 11.0. The van der Waals surface area contributed by atoms with Gasteiger partial charge >= 0.3 is 0 Å². The number of nitrogens with one attached hydrogen (secondary N) is 1. The summed E-state index contributed by atoms with van der Waals surface area (Å²) in [5.74, 6) is -0.380. The first-order valence-electron chi connectivity index (χ1n) is 1.47. The fraction of sp³-hybridized carbons (Fsp3) is 0.500. The third-order valence-corrected chi connectivity index (χ3v) is 1.23.